The lowest BCUT2D eigenvalue weighted by Crippen LogP contribution is -2.26. The minimum absolute atomic E-state index is 0.190. The van der Waals surface area contributed by atoms with Gasteiger partial charge in [0.15, 0.2) is 5.82 Å². The van der Waals surface area contributed by atoms with Gasteiger partial charge >= 0.3 is 0 Å². The largest absolute Gasteiger partial charge is 0.338 e. The van der Waals surface area contributed by atoms with Gasteiger partial charge in [-0.25, -0.2) is 8.78 Å². The predicted molar refractivity (Wildman–Crippen MR) is 69.8 cm³/mol. The van der Waals surface area contributed by atoms with Crippen molar-refractivity contribution in [2.75, 3.05) is 0 Å². The lowest BCUT2D eigenvalue weighted by Gasteiger charge is -2.23. The molecule has 1 atom stereocenters. The monoisotopic (exact) mass is 281 g/mol. The topological polar surface area (TPSA) is 64.9 Å². The van der Waals surface area contributed by atoms with E-state index in [1.54, 1.807) is 0 Å². The average molecular weight is 281 g/mol. The van der Waals surface area contributed by atoms with Crippen LogP contribution in [-0.2, 0) is 6.42 Å². The molecule has 6 heteroatoms. The maximum absolute atomic E-state index is 13.1. The molecule has 108 valence electrons. The Labute approximate surface area is 116 Å². The van der Waals surface area contributed by atoms with E-state index in [1.807, 2.05) is 20.8 Å². The number of nitrogens with zero attached hydrogens (tertiary/aromatic N) is 2. The van der Waals surface area contributed by atoms with Crippen LogP contribution in [0.25, 0.3) is 0 Å². The maximum Gasteiger partial charge on any atom is 0.244 e. The van der Waals surface area contributed by atoms with E-state index >= 15 is 0 Å². The molecule has 1 aromatic heterocycles. The Balaban J connectivity index is 2.17. The van der Waals surface area contributed by atoms with Gasteiger partial charge in [0.25, 0.3) is 0 Å². The molecular formula is C14H17F2N3O. The van der Waals surface area contributed by atoms with Crippen LogP contribution in [-0.4, -0.2) is 10.1 Å². The Kier molecular flexibility index (Phi) is 3.85. The Morgan fingerprint density at radius 3 is 2.35 bits per heavy atom. The third-order valence-corrected chi connectivity index (χ3v) is 2.97. The summed E-state index contributed by atoms with van der Waals surface area (Å²) in [7, 11) is 0. The molecule has 0 amide bonds. The van der Waals surface area contributed by atoms with Gasteiger partial charge in [-0.3, -0.25) is 0 Å². The Morgan fingerprint density at radius 1 is 1.20 bits per heavy atom. The van der Waals surface area contributed by atoms with E-state index in [0.29, 0.717) is 17.3 Å². The van der Waals surface area contributed by atoms with Crippen LogP contribution >= 0.6 is 0 Å². The molecule has 0 aliphatic carbocycles. The third kappa shape index (κ3) is 3.39. The smallest absolute Gasteiger partial charge is 0.244 e. The van der Waals surface area contributed by atoms with Gasteiger partial charge in [-0.05, 0) is 23.1 Å². The van der Waals surface area contributed by atoms with Crippen molar-refractivity contribution >= 4 is 0 Å². The highest BCUT2D eigenvalue weighted by Crippen LogP contribution is 2.29. The molecule has 1 heterocycles. The maximum atomic E-state index is 13.1. The first kappa shape index (κ1) is 14.6. The number of hydrogen-bond acceptors (Lipinski definition) is 4. The quantitative estimate of drug-likeness (QED) is 0.939. The molecule has 0 saturated heterocycles. The van der Waals surface area contributed by atoms with E-state index in [4.69, 9.17) is 10.3 Å². The minimum Gasteiger partial charge on any atom is -0.338 e. The number of benzene rings is 1. The van der Waals surface area contributed by atoms with Gasteiger partial charge in [-0.1, -0.05) is 25.9 Å². The second-order valence-electron chi connectivity index (χ2n) is 5.85. The van der Waals surface area contributed by atoms with Gasteiger partial charge in [0.1, 0.15) is 11.6 Å². The zero-order chi connectivity index (χ0) is 14.9. The SMILES string of the molecule is CC(C)(C)[C@@H](N)c1nc(Cc2cc(F)cc(F)c2)no1. The van der Waals surface area contributed by atoms with Crippen molar-refractivity contribution < 1.29 is 13.3 Å². The second-order valence-corrected chi connectivity index (χ2v) is 5.85. The summed E-state index contributed by atoms with van der Waals surface area (Å²) in [5, 5.41) is 3.79. The van der Waals surface area contributed by atoms with E-state index < -0.39 is 17.7 Å². The number of aromatic nitrogens is 2. The predicted octanol–water partition coefficient (Wildman–Crippen LogP) is 2.98. The molecule has 0 spiro atoms. The summed E-state index contributed by atoms with van der Waals surface area (Å²) in [6, 6.07) is 2.90. The normalized spacial score (nSPS) is 13.5. The van der Waals surface area contributed by atoms with Crippen molar-refractivity contribution in [3.63, 3.8) is 0 Å². The minimum atomic E-state index is -0.630. The fourth-order valence-corrected chi connectivity index (χ4v) is 1.73. The highest BCUT2D eigenvalue weighted by molar-refractivity contribution is 5.21. The molecule has 2 aromatic rings. The van der Waals surface area contributed by atoms with E-state index in [0.717, 1.165) is 6.07 Å². The lowest BCUT2D eigenvalue weighted by atomic mass is 9.87. The third-order valence-electron chi connectivity index (χ3n) is 2.97. The Bertz CT molecular complexity index is 584. The standard InChI is InChI=1S/C14H17F2N3O/c1-14(2,3)12(17)13-18-11(19-20-13)6-8-4-9(15)7-10(16)5-8/h4-5,7,12H,6,17H2,1-3H3/t12-/m0/s1. The fraction of sp³-hybridized carbons (Fsp3) is 0.429. The first-order valence-corrected chi connectivity index (χ1v) is 6.29. The van der Waals surface area contributed by atoms with E-state index in [9.17, 15) is 8.78 Å². The van der Waals surface area contributed by atoms with Crippen molar-refractivity contribution in [1.29, 1.82) is 0 Å². The molecule has 20 heavy (non-hydrogen) atoms. The van der Waals surface area contributed by atoms with Gasteiger partial charge in [-0.15, -0.1) is 0 Å². The Hall–Kier alpha value is -1.82. The van der Waals surface area contributed by atoms with Crippen LogP contribution in [0.4, 0.5) is 8.78 Å². The van der Waals surface area contributed by atoms with Crippen LogP contribution in [0.2, 0.25) is 0 Å². The van der Waals surface area contributed by atoms with Crippen LogP contribution < -0.4 is 5.73 Å². The van der Waals surface area contributed by atoms with Gasteiger partial charge in [0, 0.05) is 12.5 Å². The summed E-state index contributed by atoms with van der Waals surface area (Å²) in [6.45, 7) is 5.89. The fourth-order valence-electron chi connectivity index (χ4n) is 1.73. The van der Waals surface area contributed by atoms with Gasteiger partial charge in [0.05, 0.1) is 6.04 Å². The first-order valence-electron chi connectivity index (χ1n) is 6.29. The average Bonchev–Trinajstić information content (AvgIpc) is 2.73. The van der Waals surface area contributed by atoms with Gasteiger partial charge < -0.3 is 10.3 Å². The highest BCUT2D eigenvalue weighted by atomic mass is 19.1. The van der Waals surface area contributed by atoms with Crippen LogP contribution in [0.3, 0.4) is 0 Å². The number of rotatable bonds is 3. The molecule has 2 N–H and O–H groups in total. The summed E-state index contributed by atoms with van der Waals surface area (Å²) >= 11 is 0. The molecule has 0 aliphatic rings. The van der Waals surface area contributed by atoms with Crippen molar-refractivity contribution in [3.05, 3.63) is 47.1 Å². The molecule has 0 unspecified atom stereocenters. The molecule has 2 rings (SSSR count). The number of halogens is 2. The van der Waals surface area contributed by atoms with E-state index in [-0.39, 0.29) is 11.8 Å². The zero-order valence-electron chi connectivity index (χ0n) is 11.7. The van der Waals surface area contributed by atoms with E-state index in [1.165, 1.54) is 12.1 Å². The molecule has 0 fully saturated rings. The molecule has 0 radical (unpaired) electrons. The zero-order valence-corrected chi connectivity index (χ0v) is 11.7. The second kappa shape index (κ2) is 5.28. The van der Waals surface area contributed by atoms with Crippen LogP contribution in [0.1, 0.15) is 44.1 Å². The lowest BCUT2D eigenvalue weighted by molar-refractivity contribution is 0.252. The summed E-state index contributed by atoms with van der Waals surface area (Å²) < 4.78 is 31.3. The van der Waals surface area contributed by atoms with Crippen molar-refractivity contribution in [2.45, 2.75) is 33.2 Å². The van der Waals surface area contributed by atoms with Crippen LogP contribution in [0.15, 0.2) is 22.7 Å². The molecular weight excluding hydrogens is 264 g/mol. The molecule has 4 nitrogen and oxygen atoms in total. The van der Waals surface area contributed by atoms with Crippen LogP contribution in [0.5, 0.6) is 0 Å². The summed E-state index contributed by atoms with van der Waals surface area (Å²) in [4.78, 5) is 4.18. The number of hydrogen-bond donors (Lipinski definition) is 1. The summed E-state index contributed by atoms with van der Waals surface area (Å²) in [6.07, 6.45) is 0.190. The Morgan fingerprint density at radius 2 is 1.80 bits per heavy atom. The molecule has 0 saturated carbocycles. The van der Waals surface area contributed by atoms with Gasteiger partial charge in [-0.2, -0.15) is 4.98 Å². The molecule has 0 bridgehead atoms. The van der Waals surface area contributed by atoms with Crippen molar-refractivity contribution in [2.24, 2.45) is 11.1 Å². The summed E-state index contributed by atoms with van der Waals surface area (Å²) in [5.41, 5.74) is 6.24. The highest BCUT2D eigenvalue weighted by Gasteiger charge is 2.27. The summed E-state index contributed by atoms with van der Waals surface area (Å²) in [5.74, 6) is -0.584. The van der Waals surface area contributed by atoms with Crippen LogP contribution in [0, 0.1) is 17.0 Å². The molecule has 0 aliphatic heterocycles. The molecule has 1 aromatic carbocycles. The van der Waals surface area contributed by atoms with Crippen molar-refractivity contribution in [3.8, 4) is 0 Å². The first-order chi connectivity index (χ1) is 9.25. The van der Waals surface area contributed by atoms with E-state index in [2.05, 4.69) is 10.1 Å². The van der Waals surface area contributed by atoms with Gasteiger partial charge in [0.2, 0.25) is 5.89 Å². The number of nitrogens with two attached hydrogens (primary N) is 1. The van der Waals surface area contributed by atoms with Crippen molar-refractivity contribution in [1.82, 2.24) is 10.1 Å².